The average Bonchev–Trinajstić information content (AvgIpc) is 3.11. The summed E-state index contributed by atoms with van der Waals surface area (Å²) in [6.07, 6.45) is 0. The summed E-state index contributed by atoms with van der Waals surface area (Å²) in [6, 6.07) is 8.09. The van der Waals surface area contributed by atoms with Crippen molar-refractivity contribution in [3.05, 3.63) is 46.3 Å². The third kappa shape index (κ3) is 7.41. The lowest BCUT2D eigenvalue weighted by Gasteiger charge is -2.07. The minimum atomic E-state index is -0.760. The van der Waals surface area contributed by atoms with Crippen LogP contribution in [0.5, 0.6) is 5.75 Å². The number of thiophene rings is 1. The van der Waals surface area contributed by atoms with Crippen LogP contribution in [0.2, 0.25) is 0 Å². The molecular formula is C21H24N2O7S. The highest BCUT2D eigenvalue weighted by Crippen LogP contribution is 2.27. The van der Waals surface area contributed by atoms with Crippen molar-refractivity contribution in [1.82, 2.24) is 5.32 Å². The fourth-order valence-electron chi connectivity index (χ4n) is 2.44. The average molecular weight is 448 g/mol. The molecule has 0 saturated heterocycles. The van der Waals surface area contributed by atoms with Gasteiger partial charge in [-0.1, -0.05) is 0 Å². The Bertz CT molecular complexity index is 938. The van der Waals surface area contributed by atoms with E-state index in [4.69, 9.17) is 14.2 Å². The summed E-state index contributed by atoms with van der Waals surface area (Å²) in [6.45, 7) is 5.15. The van der Waals surface area contributed by atoms with E-state index >= 15 is 0 Å². The van der Waals surface area contributed by atoms with E-state index in [9.17, 15) is 19.2 Å². The van der Waals surface area contributed by atoms with Crippen molar-refractivity contribution in [2.75, 3.05) is 31.7 Å². The van der Waals surface area contributed by atoms with Crippen molar-refractivity contribution >= 4 is 40.1 Å². The van der Waals surface area contributed by atoms with Gasteiger partial charge in [-0.3, -0.25) is 14.4 Å². The fourth-order valence-corrected chi connectivity index (χ4v) is 3.42. The number of hydrogen-bond acceptors (Lipinski definition) is 8. The second kappa shape index (κ2) is 11.7. The molecule has 2 N–H and O–H groups in total. The molecule has 31 heavy (non-hydrogen) atoms. The zero-order valence-corrected chi connectivity index (χ0v) is 18.3. The quantitative estimate of drug-likeness (QED) is 0.536. The molecule has 166 valence electrons. The number of aryl methyl sites for hydroxylation is 1. The molecule has 0 bridgehead atoms. The number of carbonyl (C=O) groups is 4. The van der Waals surface area contributed by atoms with Crippen LogP contribution in [0.1, 0.15) is 39.4 Å². The van der Waals surface area contributed by atoms with Gasteiger partial charge in [-0.25, -0.2) is 4.79 Å². The molecule has 2 amide bonds. The Labute approximate surface area is 183 Å². The number of rotatable bonds is 10. The van der Waals surface area contributed by atoms with Crippen LogP contribution in [0.3, 0.4) is 0 Å². The summed E-state index contributed by atoms with van der Waals surface area (Å²) >= 11 is 1.07. The van der Waals surface area contributed by atoms with Gasteiger partial charge in [0.25, 0.3) is 11.8 Å². The lowest BCUT2D eigenvalue weighted by Crippen LogP contribution is -2.32. The molecule has 1 heterocycles. The van der Waals surface area contributed by atoms with Crippen molar-refractivity contribution in [3.63, 3.8) is 0 Å². The molecule has 0 spiro atoms. The molecule has 2 aromatic rings. The number of nitrogens with one attached hydrogen (secondary N) is 2. The summed E-state index contributed by atoms with van der Waals surface area (Å²) in [5.41, 5.74) is 1.03. The van der Waals surface area contributed by atoms with Crippen molar-refractivity contribution in [2.24, 2.45) is 0 Å². The predicted octanol–water partition coefficient (Wildman–Crippen LogP) is 2.54. The first-order chi connectivity index (χ1) is 14.8. The summed E-state index contributed by atoms with van der Waals surface area (Å²) in [7, 11) is 0. The van der Waals surface area contributed by atoms with E-state index in [0.717, 1.165) is 11.3 Å². The van der Waals surface area contributed by atoms with Gasteiger partial charge in [0.2, 0.25) is 0 Å². The van der Waals surface area contributed by atoms with Crippen molar-refractivity contribution < 1.29 is 33.4 Å². The second-order valence-corrected chi connectivity index (χ2v) is 7.24. The molecule has 0 unspecified atom stereocenters. The Morgan fingerprint density at radius 1 is 1.00 bits per heavy atom. The molecule has 2 rings (SSSR count). The largest absolute Gasteiger partial charge is 0.494 e. The summed E-state index contributed by atoms with van der Waals surface area (Å²) in [5.74, 6) is -1.60. The van der Waals surface area contributed by atoms with Gasteiger partial charge < -0.3 is 24.8 Å². The Hall–Kier alpha value is -3.40. The molecule has 1 aromatic heterocycles. The second-order valence-electron chi connectivity index (χ2n) is 6.19. The smallest absolute Gasteiger partial charge is 0.348 e. The van der Waals surface area contributed by atoms with E-state index in [1.165, 1.54) is 0 Å². The van der Waals surface area contributed by atoms with E-state index in [1.807, 2.05) is 6.92 Å². The molecule has 0 saturated carbocycles. The summed E-state index contributed by atoms with van der Waals surface area (Å²) in [5, 5.41) is 5.42. The maximum absolute atomic E-state index is 12.1. The lowest BCUT2D eigenvalue weighted by atomic mass is 10.2. The number of benzene rings is 1. The number of hydrogen-bond donors (Lipinski definition) is 2. The van der Waals surface area contributed by atoms with Crippen LogP contribution in [-0.2, 0) is 19.1 Å². The topological polar surface area (TPSA) is 120 Å². The molecule has 0 aliphatic heterocycles. The minimum Gasteiger partial charge on any atom is -0.494 e. The van der Waals surface area contributed by atoms with Gasteiger partial charge >= 0.3 is 11.9 Å². The highest BCUT2D eigenvalue weighted by molar-refractivity contribution is 7.18. The SMILES string of the molecule is CCOC(=O)c1sc(NC(=O)COC(=O)CNC(=O)c2ccc(OCC)cc2)cc1C. The van der Waals surface area contributed by atoms with Crippen LogP contribution in [0.15, 0.2) is 30.3 Å². The van der Waals surface area contributed by atoms with E-state index in [-0.39, 0.29) is 13.2 Å². The molecule has 0 radical (unpaired) electrons. The molecular weight excluding hydrogens is 424 g/mol. The summed E-state index contributed by atoms with van der Waals surface area (Å²) in [4.78, 5) is 48.1. The van der Waals surface area contributed by atoms with E-state index < -0.39 is 30.4 Å². The molecule has 0 aliphatic rings. The van der Waals surface area contributed by atoms with Gasteiger partial charge in [-0.2, -0.15) is 0 Å². The number of ether oxygens (including phenoxy) is 3. The molecule has 10 heteroatoms. The third-order valence-corrected chi connectivity index (χ3v) is 4.96. The van der Waals surface area contributed by atoms with Gasteiger partial charge in [0.15, 0.2) is 6.61 Å². The molecule has 0 atom stereocenters. The summed E-state index contributed by atoms with van der Waals surface area (Å²) < 4.78 is 15.1. The minimum absolute atomic E-state index is 0.253. The zero-order chi connectivity index (χ0) is 22.8. The Kier molecular flexibility index (Phi) is 9.01. The maximum Gasteiger partial charge on any atom is 0.348 e. The van der Waals surface area contributed by atoms with E-state index in [2.05, 4.69) is 10.6 Å². The highest BCUT2D eigenvalue weighted by atomic mass is 32.1. The fraction of sp³-hybridized carbons (Fsp3) is 0.333. The number of anilines is 1. The van der Waals surface area contributed by atoms with Crippen molar-refractivity contribution in [1.29, 1.82) is 0 Å². The van der Waals surface area contributed by atoms with Crippen LogP contribution in [0.4, 0.5) is 5.00 Å². The normalized spacial score (nSPS) is 10.2. The molecule has 0 aliphatic carbocycles. The van der Waals surface area contributed by atoms with Gasteiger partial charge in [0, 0.05) is 5.56 Å². The standard InChI is InChI=1S/C21H24N2O7S/c1-4-28-15-8-6-14(7-9-15)20(26)22-11-18(25)30-12-16(24)23-17-10-13(3)19(31-17)21(27)29-5-2/h6-10H,4-5,11-12H2,1-3H3,(H,22,26)(H,23,24). The van der Waals surface area contributed by atoms with Crippen LogP contribution in [0, 0.1) is 6.92 Å². The first kappa shape index (κ1) is 23.9. The molecule has 9 nitrogen and oxygen atoms in total. The third-order valence-electron chi connectivity index (χ3n) is 3.83. The van der Waals surface area contributed by atoms with Crippen LogP contribution >= 0.6 is 11.3 Å². The lowest BCUT2D eigenvalue weighted by molar-refractivity contribution is -0.146. The van der Waals surface area contributed by atoms with Crippen LogP contribution in [-0.4, -0.2) is 50.1 Å². The highest BCUT2D eigenvalue weighted by Gasteiger charge is 2.17. The van der Waals surface area contributed by atoms with Crippen molar-refractivity contribution in [2.45, 2.75) is 20.8 Å². The van der Waals surface area contributed by atoms with Crippen molar-refractivity contribution in [3.8, 4) is 5.75 Å². The zero-order valence-electron chi connectivity index (χ0n) is 17.5. The molecule has 0 fully saturated rings. The number of amides is 2. The predicted molar refractivity (Wildman–Crippen MR) is 115 cm³/mol. The van der Waals surface area contributed by atoms with Gasteiger partial charge in [0.05, 0.1) is 18.2 Å². The van der Waals surface area contributed by atoms with E-state index in [1.54, 1.807) is 44.2 Å². The number of carbonyl (C=O) groups excluding carboxylic acids is 4. The van der Waals surface area contributed by atoms with E-state index in [0.29, 0.717) is 33.4 Å². The maximum atomic E-state index is 12.1. The van der Waals surface area contributed by atoms with Crippen LogP contribution < -0.4 is 15.4 Å². The first-order valence-electron chi connectivity index (χ1n) is 9.58. The molecule has 1 aromatic carbocycles. The van der Waals surface area contributed by atoms with Gasteiger partial charge in [-0.15, -0.1) is 11.3 Å². The van der Waals surface area contributed by atoms with Crippen LogP contribution in [0.25, 0.3) is 0 Å². The number of esters is 2. The Morgan fingerprint density at radius 3 is 2.35 bits per heavy atom. The monoisotopic (exact) mass is 448 g/mol. The van der Waals surface area contributed by atoms with Gasteiger partial charge in [0.1, 0.15) is 17.2 Å². The Morgan fingerprint density at radius 2 is 1.71 bits per heavy atom. The Balaban J connectivity index is 1.75. The first-order valence-corrected chi connectivity index (χ1v) is 10.4. The van der Waals surface area contributed by atoms with Gasteiger partial charge in [-0.05, 0) is 56.7 Å².